The Morgan fingerprint density at radius 1 is 1.15 bits per heavy atom. The van der Waals surface area contributed by atoms with Crippen LogP contribution < -0.4 is 11.2 Å². The third-order valence-corrected chi connectivity index (χ3v) is 4.90. The Morgan fingerprint density at radius 2 is 1.89 bits per heavy atom. The Bertz CT molecular complexity index is 1120. The van der Waals surface area contributed by atoms with Crippen LogP contribution in [0.15, 0.2) is 50.9 Å². The minimum Gasteiger partial charge on any atom is -0.307 e. The second-order valence-electron chi connectivity index (χ2n) is 5.27. The highest BCUT2D eigenvalue weighted by Gasteiger charge is 2.10. The van der Waals surface area contributed by atoms with Crippen LogP contribution in [-0.4, -0.2) is 9.55 Å². The lowest BCUT2D eigenvalue weighted by Gasteiger charge is -2.08. The Balaban J connectivity index is 0.00000126. The van der Waals surface area contributed by atoms with E-state index in [1.165, 1.54) is 0 Å². The summed E-state index contributed by atoms with van der Waals surface area (Å²) in [6.45, 7) is 4.19. The molecular weight excluding hydrogens is 405 g/mol. The molecule has 0 spiro atoms. The Morgan fingerprint density at radius 3 is 2.56 bits per heavy atom. The van der Waals surface area contributed by atoms with E-state index in [4.69, 9.17) is 28.5 Å². The van der Waals surface area contributed by atoms with Crippen molar-refractivity contribution in [3.8, 4) is 5.40 Å². The molecule has 0 saturated heterocycles. The number of rotatable bonds is 4. The van der Waals surface area contributed by atoms with Crippen molar-refractivity contribution >= 4 is 45.9 Å². The first-order valence-electron chi connectivity index (χ1n) is 8.26. The molecule has 0 aliphatic rings. The van der Waals surface area contributed by atoms with E-state index in [-0.39, 0.29) is 12.1 Å². The van der Waals surface area contributed by atoms with Crippen molar-refractivity contribution in [1.29, 1.82) is 5.26 Å². The number of hydrogen-bond donors (Lipinski definition) is 1. The monoisotopic (exact) mass is 421 g/mol. The zero-order chi connectivity index (χ0) is 20.0. The first kappa shape index (κ1) is 21.1. The standard InChI is InChI=1S/C17H11Cl2N3O2S.C2H6/c18-11-2-1-10(14(19)7-11)5-6-22-16(23)13-4-3-12(25-9-20)8-15(13)21-17(22)24;1-2/h1-4,7-8H,5-6H2,(H,21,24);1-2H3. The fraction of sp³-hybridized carbons (Fsp3) is 0.211. The molecule has 3 rings (SSSR count). The van der Waals surface area contributed by atoms with E-state index < -0.39 is 5.69 Å². The highest BCUT2D eigenvalue weighted by atomic mass is 35.5. The largest absolute Gasteiger partial charge is 0.328 e. The summed E-state index contributed by atoms with van der Waals surface area (Å²) in [6, 6.07) is 10.0. The molecule has 0 unspecified atom stereocenters. The van der Waals surface area contributed by atoms with Crippen molar-refractivity contribution in [2.24, 2.45) is 0 Å². The number of H-pyrrole nitrogens is 1. The molecule has 1 heterocycles. The number of halogens is 2. The molecule has 0 saturated carbocycles. The number of thiocyanates is 1. The molecule has 140 valence electrons. The van der Waals surface area contributed by atoms with E-state index in [1.807, 2.05) is 19.2 Å². The molecule has 2 aromatic carbocycles. The van der Waals surface area contributed by atoms with Gasteiger partial charge in [-0.1, -0.05) is 43.1 Å². The van der Waals surface area contributed by atoms with Gasteiger partial charge in [-0.25, -0.2) is 4.79 Å². The molecule has 8 heteroatoms. The number of hydrogen-bond acceptors (Lipinski definition) is 4. The van der Waals surface area contributed by atoms with Crippen LogP contribution in [0.1, 0.15) is 19.4 Å². The summed E-state index contributed by atoms with van der Waals surface area (Å²) in [6.07, 6.45) is 0.423. The molecule has 0 atom stereocenters. The molecule has 1 aromatic heterocycles. The van der Waals surface area contributed by atoms with Crippen LogP contribution in [0.3, 0.4) is 0 Å². The Kier molecular flexibility index (Phi) is 7.55. The Labute approximate surface area is 170 Å². The third-order valence-electron chi connectivity index (χ3n) is 3.74. The second kappa shape index (κ2) is 9.65. The highest BCUT2D eigenvalue weighted by Crippen LogP contribution is 2.22. The molecule has 1 N–H and O–H groups in total. The van der Waals surface area contributed by atoms with E-state index in [1.54, 1.807) is 36.4 Å². The maximum Gasteiger partial charge on any atom is 0.328 e. The molecule has 0 radical (unpaired) electrons. The number of nitriles is 1. The molecule has 0 fully saturated rings. The van der Waals surface area contributed by atoms with E-state index in [9.17, 15) is 9.59 Å². The molecule has 27 heavy (non-hydrogen) atoms. The first-order valence-corrected chi connectivity index (χ1v) is 9.83. The van der Waals surface area contributed by atoms with Crippen molar-refractivity contribution < 1.29 is 0 Å². The highest BCUT2D eigenvalue weighted by molar-refractivity contribution is 8.03. The van der Waals surface area contributed by atoms with Crippen molar-refractivity contribution in [1.82, 2.24) is 9.55 Å². The van der Waals surface area contributed by atoms with Gasteiger partial charge in [0.25, 0.3) is 5.56 Å². The van der Waals surface area contributed by atoms with Gasteiger partial charge < -0.3 is 4.98 Å². The first-order chi connectivity index (χ1) is 13.0. The minimum atomic E-state index is -0.498. The summed E-state index contributed by atoms with van der Waals surface area (Å²) < 4.78 is 1.14. The van der Waals surface area contributed by atoms with Gasteiger partial charge in [-0.3, -0.25) is 9.36 Å². The number of benzene rings is 2. The average Bonchev–Trinajstić information content (AvgIpc) is 2.65. The number of thioether (sulfide) groups is 1. The van der Waals surface area contributed by atoms with Crippen LogP contribution in [0, 0.1) is 10.7 Å². The quantitative estimate of drug-likeness (QED) is 0.482. The molecule has 0 aliphatic carbocycles. The maximum absolute atomic E-state index is 12.6. The fourth-order valence-electron chi connectivity index (χ4n) is 2.51. The third kappa shape index (κ3) is 4.95. The summed E-state index contributed by atoms with van der Waals surface area (Å²) in [5.41, 5.74) is 0.341. The molecule has 5 nitrogen and oxygen atoms in total. The predicted molar refractivity (Wildman–Crippen MR) is 112 cm³/mol. The number of fused-ring (bicyclic) bond motifs is 1. The van der Waals surface area contributed by atoms with Gasteiger partial charge in [0, 0.05) is 21.5 Å². The summed E-state index contributed by atoms with van der Waals surface area (Å²) >= 11 is 13.0. The normalized spacial score (nSPS) is 10.2. The van der Waals surface area contributed by atoms with Crippen LogP contribution in [0.5, 0.6) is 0 Å². The molecule has 3 aromatic rings. The second-order valence-corrected chi connectivity index (χ2v) is 6.98. The zero-order valence-electron chi connectivity index (χ0n) is 14.8. The summed E-state index contributed by atoms with van der Waals surface area (Å²) in [5.74, 6) is 0. The smallest absolute Gasteiger partial charge is 0.307 e. The number of aromatic nitrogens is 2. The zero-order valence-corrected chi connectivity index (χ0v) is 17.1. The topological polar surface area (TPSA) is 78.7 Å². The van der Waals surface area contributed by atoms with Crippen molar-refractivity contribution in [3.05, 3.63) is 72.8 Å². The van der Waals surface area contributed by atoms with Gasteiger partial charge in [0.2, 0.25) is 0 Å². The van der Waals surface area contributed by atoms with E-state index >= 15 is 0 Å². The maximum atomic E-state index is 12.6. The molecule has 0 amide bonds. The van der Waals surface area contributed by atoms with Crippen LogP contribution in [0.4, 0.5) is 0 Å². The van der Waals surface area contributed by atoms with Crippen LogP contribution >= 0.6 is 35.0 Å². The molecule has 0 bridgehead atoms. The van der Waals surface area contributed by atoms with Crippen LogP contribution in [-0.2, 0) is 13.0 Å². The van der Waals surface area contributed by atoms with Gasteiger partial charge in [-0.2, -0.15) is 5.26 Å². The van der Waals surface area contributed by atoms with Crippen molar-refractivity contribution in [2.75, 3.05) is 0 Å². The van der Waals surface area contributed by atoms with E-state index in [0.29, 0.717) is 32.3 Å². The average molecular weight is 422 g/mol. The van der Waals surface area contributed by atoms with Gasteiger partial charge in [-0.05, 0) is 54.1 Å². The van der Waals surface area contributed by atoms with Crippen LogP contribution in [0.25, 0.3) is 10.9 Å². The van der Waals surface area contributed by atoms with Crippen molar-refractivity contribution in [2.45, 2.75) is 31.7 Å². The number of aryl methyl sites for hydroxylation is 1. The van der Waals surface area contributed by atoms with Gasteiger partial charge in [-0.15, -0.1) is 0 Å². The predicted octanol–water partition coefficient (Wildman–Crippen LogP) is 4.84. The number of nitrogens with zero attached hydrogens (tertiary/aromatic N) is 2. The lowest BCUT2D eigenvalue weighted by atomic mass is 10.1. The molecular formula is C19H17Cl2N3O2S. The van der Waals surface area contributed by atoms with Gasteiger partial charge >= 0.3 is 5.69 Å². The lowest BCUT2D eigenvalue weighted by Crippen LogP contribution is -2.35. The van der Waals surface area contributed by atoms with Gasteiger partial charge in [0.05, 0.1) is 10.9 Å². The van der Waals surface area contributed by atoms with Crippen LogP contribution in [0.2, 0.25) is 10.0 Å². The summed E-state index contributed by atoms with van der Waals surface area (Å²) in [4.78, 5) is 28.2. The summed E-state index contributed by atoms with van der Waals surface area (Å²) in [5, 5.41) is 12.1. The summed E-state index contributed by atoms with van der Waals surface area (Å²) in [7, 11) is 0. The Hall–Kier alpha value is -2.20. The number of aromatic amines is 1. The van der Waals surface area contributed by atoms with E-state index in [2.05, 4.69) is 4.98 Å². The van der Waals surface area contributed by atoms with Gasteiger partial charge in [0.1, 0.15) is 5.40 Å². The van der Waals surface area contributed by atoms with Gasteiger partial charge in [0.15, 0.2) is 0 Å². The minimum absolute atomic E-state index is 0.195. The SMILES string of the molecule is CC.N#CSc1ccc2c(=O)n(CCc3ccc(Cl)cc3Cl)c(=O)[nH]c2c1. The fourth-order valence-corrected chi connectivity index (χ4v) is 3.43. The van der Waals surface area contributed by atoms with E-state index in [0.717, 1.165) is 21.9 Å². The lowest BCUT2D eigenvalue weighted by molar-refractivity contribution is 0.636. The van der Waals surface area contributed by atoms with Crippen molar-refractivity contribution in [3.63, 3.8) is 0 Å². The molecule has 0 aliphatic heterocycles. The number of nitrogens with one attached hydrogen (secondary N) is 1.